The van der Waals surface area contributed by atoms with Gasteiger partial charge in [0.1, 0.15) is 6.61 Å². The summed E-state index contributed by atoms with van der Waals surface area (Å²) in [5.74, 6) is 1.78. The molecule has 2 aliphatic heterocycles. The summed E-state index contributed by atoms with van der Waals surface area (Å²) in [6, 6.07) is 4.44. The fourth-order valence-electron chi connectivity index (χ4n) is 5.30. The lowest BCUT2D eigenvalue weighted by atomic mass is 9.75. The Balaban J connectivity index is 1.52. The SMILES string of the molecule is COc1cc2c(cc1OCC1(O)CCC1)CCN1C[C@@H](CC(C)(C)C)[C@H](O)C[C@H]21. The molecular formula is C24H37NO4. The molecule has 2 N–H and O–H groups in total. The predicted octanol–water partition coefficient (Wildman–Crippen LogP) is 3.71. The van der Waals surface area contributed by atoms with Gasteiger partial charge in [0.2, 0.25) is 0 Å². The Hall–Kier alpha value is -1.30. The Morgan fingerprint density at radius 1 is 1.21 bits per heavy atom. The second-order valence-electron chi connectivity index (χ2n) is 10.7. The third kappa shape index (κ3) is 4.42. The number of fused-ring (bicyclic) bond motifs is 3. The van der Waals surface area contributed by atoms with E-state index >= 15 is 0 Å². The van der Waals surface area contributed by atoms with Crippen LogP contribution in [0.5, 0.6) is 11.5 Å². The van der Waals surface area contributed by atoms with Crippen molar-refractivity contribution in [2.45, 2.75) is 77.0 Å². The van der Waals surface area contributed by atoms with Crippen molar-refractivity contribution in [1.29, 1.82) is 0 Å². The standard InChI is InChI=1S/C24H37NO4/c1-23(2,3)13-17-14-25-9-6-16-10-22(29-15-24(27)7-5-8-24)21(28-4)11-18(16)19(25)12-20(17)26/h10-11,17,19-20,26-27H,5-9,12-15H2,1-4H3/t17-,19-,20-/m1/s1. The number of piperidine rings is 1. The summed E-state index contributed by atoms with van der Waals surface area (Å²) in [6.45, 7) is 9.05. The average molecular weight is 404 g/mol. The van der Waals surface area contributed by atoms with Crippen LogP contribution in [-0.2, 0) is 6.42 Å². The number of hydrogen-bond donors (Lipinski definition) is 2. The van der Waals surface area contributed by atoms with E-state index in [0.717, 1.165) is 63.1 Å². The summed E-state index contributed by atoms with van der Waals surface area (Å²) in [6.07, 6.45) is 5.22. The van der Waals surface area contributed by atoms with E-state index in [4.69, 9.17) is 9.47 Å². The van der Waals surface area contributed by atoms with Crippen molar-refractivity contribution in [3.05, 3.63) is 23.3 Å². The van der Waals surface area contributed by atoms with E-state index in [1.165, 1.54) is 11.1 Å². The second-order valence-corrected chi connectivity index (χ2v) is 10.7. The molecular weight excluding hydrogens is 366 g/mol. The molecule has 162 valence electrons. The number of nitrogens with zero attached hydrogens (tertiary/aromatic N) is 1. The maximum atomic E-state index is 10.9. The van der Waals surface area contributed by atoms with Crippen LogP contribution in [0.3, 0.4) is 0 Å². The Bertz CT molecular complexity index is 737. The van der Waals surface area contributed by atoms with Crippen LogP contribution in [0.2, 0.25) is 0 Å². The summed E-state index contributed by atoms with van der Waals surface area (Å²) in [4.78, 5) is 2.54. The lowest BCUT2D eigenvalue weighted by Crippen LogP contribution is -2.48. The highest BCUT2D eigenvalue weighted by Crippen LogP contribution is 2.45. The Kier molecular flexibility index (Phi) is 5.60. The highest BCUT2D eigenvalue weighted by Gasteiger charge is 2.40. The minimum absolute atomic E-state index is 0.228. The molecule has 5 heteroatoms. The van der Waals surface area contributed by atoms with Gasteiger partial charge in [-0.05, 0) is 73.1 Å². The van der Waals surface area contributed by atoms with Crippen molar-refractivity contribution >= 4 is 0 Å². The molecule has 1 aromatic rings. The fourth-order valence-corrected chi connectivity index (χ4v) is 5.30. The molecule has 4 rings (SSSR count). The van der Waals surface area contributed by atoms with E-state index in [9.17, 15) is 10.2 Å². The number of methoxy groups -OCH3 is 1. The van der Waals surface area contributed by atoms with Crippen LogP contribution in [-0.4, -0.2) is 53.6 Å². The van der Waals surface area contributed by atoms with Gasteiger partial charge >= 0.3 is 0 Å². The van der Waals surface area contributed by atoms with Gasteiger partial charge in [-0.25, -0.2) is 0 Å². The van der Waals surface area contributed by atoms with Gasteiger partial charge in [-0.2, -0.15) is 0 Å². The average Bonchev–Trinajstić information content (AvgIpc) is 2.63. The predicted molar refractivity (Wildman–Crippen MR) is 113 cm³/mol. The van der Waals surface area contributed by atoms with Gasteiger partial charge in [0, 0.05) is 19.1 Å². The highest BCUT2D eigenvalue weighted by atomic mass is 16.5. The van der Waals surface area contributed by atoms with E-state index in [2.05, 4.69) is 37.8 Å². The molecule has 3 aliphatic rings. The summed E-state index contributed by atoms with van der Waals surface area (Å²) in [5, 5.41) is 21.2. The van der Waals surface area contributed by atoms with E-state index in [1.807, 2.05) is 0 Å². The van der Waals surface area contributed by atoms with Crippen LogP contribution in [0.25, 0.3) is 0 Å². The lowest BCUT2D eigenvalue weighted by molar-refractivity contribution is -0.0668. The van der Waals surface area contributed by atoms with Crippen LogP contribution in [0.15, 0.2) is 12.1 Å². The van der Waals surface area contributed by atoms with E-state index < -0.39 is 5.60 Å². The lowest BCUT2D eigenvalue weighted by Gasteiger charge is -2.47. The summed E-state index contributed by atoms with van der Waals surface area (Å²) in [7, 11) is 1.67. The molecule has 5 nitrogen and oxygen atoms in total. The normalized spacial score (nSPS) is 28.8. The van der Waals surface area contributed by atoms with Crippen molar-refractivity contribution in [1.82, 2.24) is 4.90 Å². The van der Waals surface area contributed by atoms with E-state index in [0.29, 0.717) is 12.5 Å². The third-order valence-corrected chi connectivity index (χ3v) is 7.03. The highest BCUT2D eigenvalue weighted by molar-refractivity contribution is 5.49. The largest absolute Gasteiger partial charge is 0.493 e. The molecule has 0 amide bonds. The number of aliphatic hydroxyl groups excluding tert-OH is 1. The van der Waals surface area contributed by atoms with Crippen LogP contribution < -0.4 is 9.47 Å². The number of hydrogen-bond acceptors (Lipinski definition) is 5. The molecule has 3 atom stereocenters. The van der Waals surface area contributed by atoms with E-state index in [1.54, 1.807) is 7.11 Å². The van der Waals surface area contributed by atoms with Crippen molar-refractivity contribution in [3.63, 3.8) is 0 Å². The molecule has 0 aromatic heterocycles. The quantitative estimate of drug-likeness (QED) is 0.785. The first-order valence-electron chi connectivity index (χ1n) is 11.2. The molecule has 2 heterocycles. The zero-order valence-corrected chi connectivity index (χ0v) is 18.4. The van der Waals surface area contributed by atoms with Gasteiger partial charge in [0.15, 0.2) is 11.5 Å². The number of aliphatic hydroxyl groups is 2. The molecule has 0 bridgehead atoms. The molecule has 0 radical (unpaired) electrons. The van der Waals surface area contributed by atoms with Crippen molar-refractivity contribution in [2.75, 3.05) is 26.8 Å². The zero-order chi connectivity index (χ0) is 20.8. The first-order chi connectivity index (χ1) is 13.7. The molecule has 0 spiro atoms. The van der Waals surface area contributed by atoms with Crippen LogP contribution >= 0.6 is 0 Å². The van der Waals surface area contributed by atoms with Gasteiger partial charge in [-0.3, -0.25) is 4.90 Å². The number of ether oxygens (including phenoxy) is 2. The summed E-state index contributed by atoms with van der Waals surface area (Å²) in [5.41, 5.74) is 2.10. The van der Waals surface area contributed by atoms with E-state index in [-0.39, 0.29) is 17.6 Å². The molecule has 1 saturated carbocycles. The molecule has 1 saturated heterocycles. The molecule has 0 unspecified atom stereocenters. The smallest absolute Gasteiger partial charge is 0.161 e. The zero-order valence-electron chi connectivity index (χ0n) is 18.4. The molecule has 1 aliphatic carbocycles. The number of benzene rings is 1. The second kappa shape index (κ2) is 7.75. The van der Waals surface area contributed by atoms with Gasteiger partial charge in [-0.1, -0.05) is 20.8 Å². The minimum Gasteiger partial charge on any atom is -0.493 e. The fraction of sp³-hybridized carbons (Fsp3) is 0.750. The Morgan fingerprint density at radius 3 is 2.59 bits per heavy atom. The third-order valence-electron chi connectivity index (χ3n) is 7.03. The summed E-state index contributed by atoms with van der Waals surface area (Å²) < 4.78 is 11.6. The summed E-state index contributed by atoms with van der Waals surface area (Å²) >= 11 is 0. The molecule has 2 fully saturated rings. The monoisotopic (exact) mass is 403 g/mol. The minimum atomic E-state index is -0.673. The maximum absolute atomic E-state index is 10.9. The van der Waals surface area contributed by atoms with Crippen molar-refractivity contribution < 1.29 is 19.7 Å². The maximum Gasteiger partial charge on any atom is 0.161 e. The molecule has 29 heavy (non-hydrogen) atoms. The topological polar surface area (TPSA) is 62.2 Å². The Morgan fingerprint density at radius 2 is 1.97 bits per heavy atom. The van der Waals surface area contributed by atoms with Gasteiger partial charge in [0.25, 0.3) is 0 Å². The molecule has 1 aromatic carbocycles. The van der Waals surface area contributed by atoms with Gasteiger partial charge in [-0.15, -0.1) is 0 Å². The van der Waals surface area contributed by atoms with Crippen LogP contribution in [0, 0.1) is 11.3 Å². The van der Waals surface area contributed by atoms with Gasteiger partial charge < -0.3 is 19.7 Å². The first kappa shape index (κ1) is 21.0. The van der Waals surface area contributed by atoms with Gasteiger partial charge in [0.05, 0.1) is 18.8 Å². The van der Waals surface area contributed by atoms with Crippen LogP contribution in [0.1, 0.15) is 70.0 Å². The number of rotatable bonds is 5. The van der Waals surface area contributed by atoms with Crippen molar-refractivity contribution in [2.24, 2.45) is 11.3 Å². The Labute approximate surface area is 175 Å². The first-order valence-corrected chi connectivity index (χ1v) is 11.2. The van der Waals surface area contributed by atoms with Crippen molar-refractivity contribution in [3.8, 4) is 11.5 Å². The van der Waals surface area contributed by atoms with Crippen LogP contribution in [0.4, 0.5) is 0 Å².